The first kappa shape index (κ1) is 10.1. The van der Waals surface area contributed by atoms with E-state index < -0.39 is 9.84 Å². The standard InChI is InChI=1S/C9H10N2O3S/c1-3-7-4-6-5-10-9(15(2,12)13)11-8(6)14-7/h4-5H,3H2,1-2H3. The van der Waals surface area contributed by atoms with E-state index in [-0.39, 0.29) is 5.16 Å². The Labute approximate surface area is 87.1 Å². The summed E-state index contributed by atoms with van der Waals surface area (Å²) in [5, 5.41) is 0.520. The summed E-state index contributed by atoms with van der Waals surface area (Å²) in [6, 6.07) is 1.81. The van der Waals surface area contributed by atoms with Gasteiger partial charge in [-0.2, -0.15) is 4.98 Å². The Bertz CT molecular complexity index is 601. The lowest BCUT2D eigenvalue weighted by Crippen LogP contribution is -2.02. The summed E-state index contributed by atoms with van der Waals surface area (Å²) in [6.07, 6.45) is 3.27. The number of sulfone groups is 1. The Morgan fingerprint density at radius 2 is 2.20 bits per heavy atom. The summed E-state index contributed by atoms with van der Waals surface area (Å²) >= 11 is 0. The van der Waals surface area contributed by atoms with Crippen LogP contribution in [0.25, 0.3) is 11.1 Å². The first-order chi connectivity index (χ1) is 7.00. The molecular formula is C9H10N2O3S. The molecule has 2 aromatic rings. The van der Waals surface area contributed by atoms with Gasteiger partial charge in [0.2, 0.25) is 20.7 Å². The maximum absolute atomic E-state index is 11.2. The topological polar surface area (TPSA) is 73.1 Å². The number of aromatic nitrogens is 2. The van der Waals surface area contributed by atoms with Crippen molar-refractivity contribution in [2.24, 2.45) is 0 Å². The molecule has 0 bridgehead atoms. The zero-order chi connectivity index (χ0) is 11.1. The van der Waals surface area contributed by atoms with Crippen molar-refractivity contribution < 1.29 is 12.8 Å². The Balaban J connectivity index is 2.66. The van der Waals surface area contributed by atoms with Crippen molar-refractivity contribution in [2.45, 2.75) is 18.5 Å². The fraction of sp³-hybridized carbons (Fsp3) is 0.333. The number of hydrogen-bond acceptors (Lipinski definition) is 5. The number of nitrogens with zero attached hydrogens (tertiary/aromatic N) is 2. The molecule has 0 fully saturated rings. The maximum Gasteiger partial charge on any atom is 0.250 e. The van der Waals surface area contributed by atoms with Gasteiger partial charge in [0, 0.05) is 18.9 Å². The molecule has 2 heterocycles. The molecule has 2 rings (SSSR count). The highest BCUT2D eigenvalue weighted by atomic mass is 32.2. The summed E-state index contributed by atoms with van der Waals surface area (Å²) in [5.74, 6) is 0.768. The summed E-state index contributed by atoms with van der Waals surface area (Å²) < 4.78 is 27.7. The van der Waals surface area contributed by atoms with Crippen LogP contribution in [0.2, 0.25) is 0 Å². The normalized spacial score (nSPS) is 12.1. The molecule has 2 aromatic heterocycles. The third-order valence-corrected chi connectivity index (χ3v) is 2.84. The number of aryl methyl sites for hydroxylation is 1. The van der Waals surface area contributed by atoms with E-state index >= 15 is 0 Å². The fourth-order valence-electron chi connectivity index (χ4n) is 1.22. The molecule has 0 amide bonds. The van der Waals surface area contributed by atoms with Gasteiger partial charge in [-0.25, -0.2) is 13.4 Å². The van der Waals surface area contributed by atoms with Gasteiger partial charge in [0.05, 0.1) is 5.39 Å². The minimum atomic E-state index is -3.37. The van der Waals surface area contributed by atoms with Crippen LogP contribution in [-0.2, 0) is 16.3 Å². The summed E-state index contributed by atoms with van der Waals surface area (Å²) in [6.45, 7) is 1.95. The van der Waals surface area contributed by atoms with E-state index in [2.05, 4.69) is 9.97 Å². The highest BCUT2D eigenvalue weighted by Gasteiger charge is 2.13. The van der Waals surface area contributed by atoms with Crippen LogP contribution in [0.4, 0.5) is 0 Å². The van der Waals surface area contributed by atoms with Crippen LogP contribution < -0.4 is 0 Å². The maximum atomic E-state index is 11.2. The molecule has 0 aliphatic carbocycles. The van der Waals surface area contributed by atoms with Crippen molar-refractivity contribution in [1.82, 2.24) is 9.97 Å². The first-order valence-electron chi connectivity index (χ1n) is 4.46. The molecule has 6 heteroatoms. The van der Waals surface area contributed by atoms with Crippen molar-refractivity contribution >= 4 is 20.9 Å². The van der Waals surface area contributed by atoms with Gasteiger partial charge in [0.1, 0.15) is 5.76 Å². The van der Waals surface area contributed by atoms with Gasteiger partial charge in [-0.15, -0.1) is 0 Å². The fourth-order valence-corrected chi connectivity index (χ4v) is 1.71. The lowest BCUT2D eigenvalue weighted by molar-refractivity contribution is 0.540. The van der Waals surface area contributed by atoms with Crippen LogP contribution in [0.15, 0.2) is 21.8 Å². The SMILES string of the molecule is CCc1cc2cnc(S(C)(=O)=O)nc2o1. The quantitative estimate of drug-likeness (QED) is 0.719. The van der Waals surface area contributed by atoms with Crippen molar-refractivity contribution in [3.05, 3.63) is 18.0 Å². The number of rotatable bonds is 2. The van der Waals surface area contributed by atoms with Crippen molar-refractivity contribution in [1.29, 1.82) is 0 Å². The third kappa shape index (κ3) is 1.85. The first-order valence-corrected chi connectivity index (χ1v) is 6.35. The van der Waals surface area contributed by atoms with Crippen molar-refractivity contribution in [3.63, 3.8) is 0 Å². The molecule has 80 valence electrons. The molecule has 5 nitrogen and oxygen atoms in total. The molecule has 0 aliphatic rings. The lowest BCUT2D eigenvalue weighted by atomic mass is 10.3. The van der Waals surface area contributed by atoms with Gasteiger partial charge in [0.25, 0.3) is 0 Å². The summed E-state index contributed by atoms with van der Waals surface area (Å²) in [5.41, 5.74) is 0.322. The van der Waals surface area contributed by atoms with E-state index in [4.69, 9.17) is 4.42 Å². The molecule has 0 aliphatic heterocycles. The summed E-state index contributed by atoms with van der Waals surface area (Å²) in [7, 11) is -3.37. The average molecular weight is 226 g/mol. The molecule has 0 radical (unpaired) electrons. The number of furan rings is 1. The molecular weight excluding hydrogens is 216 g/mol. The van der Waals surface area contributed by atoms with Gasteiger partial charge in [-0.3, -0.25) is 0 Å². The van der Waals surface area contributed by atoms with E-state index in [1.165, 1.54) is 6.20 Å². The van der Waals surface area contributed by atoms with Crippen LogP contribution in [0, 0.1) is 0 Å². The molecule has 0 N–H and O–H groups in total. The van der Waals surface area contributed by atoms with E-state index in [0.29, 0.717) is 5.71 Å². The second-order valence-corrected chi connectivity index (χ2v) is 5.16. The van der Waals surface area contributed by atoms with Gasteiger partial charge in [-0.05, 0) is 6.07 Å². The largest absolute Gasteiger partial charge is 0.443 e. The van der Waals surface area contributed by atoms with E-state index in [1.54, 1.807) is 6.07 Å². The minimum absolute atomic E-state index is 0.202. The highest BCUT2D eigenvalue weighted by Crippen LogP contribution is 2.17. The molecule has 0 atom stereocenters. The van der Waals surface area contributed by atoms with Crippen LogP contribution in [0.5, 0.6) is 0 Å². The van der Waals surface area contributed by atoms with Crippen LogP contribution in [0.3, 0.4) is 0 Å². The minimum Gasteiger partial charge on any atom is -0.443 e. The van der Waals surface area contributed by atoms with E-state index in [1.807, 2.05) is 6.92 Å². The molecule has 15 heavy (non-hydrogen) atoms. The van der Waals surface area contributed by atoms with Gasteiger partial charge in [-0.1, -0.05) is 6.92 Å². The van der Waals surface area contributed by atoms with Crippen molar-refractivity contribution in [2.75, 3.05) is 6.26 Å². The van der Waals surface area contributed by atoms with Crippen LogP contribution in [-0.4, -0.2) is 24.6 Å². The van der Waals surface area contributed by atoms with Crippen LogP contribution in [0.1, 0.15) is 12.7 Å². The second kappa shape index (κ2) is 3.30. The number of fused-ring (bicyclic) bond motifs is 1. The molecule has 0 saturated heterocycles. The Hall–Kier alpha value is -1.43. The summed E-state index contributed by atoms with van der Waals surface area (Å²) in [4.78, 5) is 7.62. The predicted molar refractivity (Wildman–Crippen MR) is 54.3 cm³/mol. The second-order valence-electron chi connectivity index (χ2n) is 3.25. The smallest absolute Gasteiger partial charge is 0.250 e. The van der Waals surface area contributed by atoms with Crippen molar-refractivity contribution in [3.8, 4) is 0 Å². The van der Waals surface area contributed by atoms with E-state index in [0.717, 1.165) is 23.8 Å². The molecule has 0 unspecified atom stereocenters. The monoisotopic (exact) mass is 226 g/mol. The van der Waals surface area contributed by atoms with Gasteiger partial charge < -0.3 is 4.42 Å². The number of hydrogen-bond donors (Lipinski definition) is 0. The third-order valence-electron chi connectivity index (χ3n) is 1.98. The zero-order valence-electron chi connectivity index (χ0n) is 8.39. The van der Waals surface area contributed by atoms with Gasteiger partial charge in [0.15, 0.2) is 0 Å². The van der Waals surface area contributed by atoms with E-state index in [9.17, 15) is 8.42 Å². The highest BCUT2D eigenvalue weighted by molar-refractivity contribution is 7.90. The van der Waals surface area contributed by atoms with Gasteiger partial charge >= 0.3 is 0 Å². The predicted octanol–water partition coefficient (Wildman–Crippen LogP) is 1.19. The lowest BCUT2D eigenvalue weighted by Gasteiger charge is -1.94. The molecule has 0 aromatic carbocycles. The molecule has 0 spiro atoms. The zero-order valence-corrected chi connectivity index (χ0v) is 9.21. The Morgan fingerprint density at radius 3 is 2.80 bits per heavy atom. The molecule has 0 saturated carbocycles. The average Bonchev–Trinajstić information content (AvgIpc) is 2.57. The Kier molecular flexibility index (Phi) is 2.22. The Morgan fingerprint density at radius 1 is 1.47 bits per heavy atom. The van der Waals surface area contributed by atoms with Crippen LogP contribution >= 0.6 is 0 Å².